The van der Waals surface area contributed by atoms with E-state index in [0.29, 0.717) is 32.3 Å². The second kappa shape index (κ2) is 4.51. The molecule has 0 saturated carbocycles. The summed E-state index contributed by atoms with van der Waals surface area (Å²) in [4.78, 5) is 36.6. The molecule has 0 spiro atoms. The molecule has 0 aliphatic carbocycles. The average Bonchev–Trinajstić information content (AvgIpc) is 3.07. The molecule has 0 atom stereocenters. The Kier molecular flexibility index (Phi) is 2.50. The van der Waals surface area contributed by atoms with Crippen molar-refractivity contribution < 1.29 is 9.90 Å². The second-order valence-corrected chi connectivity index (χ2v) is 6.21. The standard InChI is InChI=1S/C21H10O4/c22-19-13-4-2-1-3-11(13)14-8-18-15(9-17(14)19)12-6-5-10(21(24)25)7-16(12)20(18)23/h1-9H,(H,24,25). The summed E-state index contributed by atoms with van der Waals surface area (Å²) in [5, 5.41) is 14.2. The number of aromatic carboxylic acids is 1. The van der Waals surface area contributed by atoms with Crippen molar-refractivity contribution in [2.75, 3.05) is 0 Å². The van der Waals surface area contributed by atoms with Gasteiger partial charge in [0, 0.05) is 21.5 Å². The lowest BCUT2D eigenvalue weighted by Crippen LogP contribution is -1.98. The van der Waals surface area contributed by atoms with Crippen LogP contribution in [0.15, 0.2) is 64.2 Å². The monoisotopic (exact) mass is 326 g/mol. The van der Waals surface area contributed by atoms with Gasteiger partial charge in [-0.05, 0) is 45.8 Å². The first-order valence-corrected chi connectivity index (χ1v) is 7.81. The van der Waals surface area contributed by atoms with E-state index in [1.165, 1.54) is 12.1 Å². The molecule has 0 amide bonds. The van der Waals surface area contributed by atoms with Gasteiger partial charge in [-0.3, -0.25) is 9.59 Å². The first-order valence-electron chi connectivity index (χ1n) is 7.81. The summed E-state index contributed by atoms with van der Waals surface area (Å²) >= 11 is 0. The molecular formula is C21H10O4. The molecule has 0 aromatic heterocycles. The van der Waals surface area contributed by atoms with Gasteiger partial charge in [0.2, 0.25) is 0 Å². The number of carboxylic acids is 1. The molecule has 0 saturated heterocycles. The Labute approximate surface area is 140 Å². The third kappa shape index (κ3) is 1.68. The lowest BCUT2D eigenvalue weighted by Gasteiger charge is -1.96. The van der Waals surface area contributed by atoms with Crippen LogP contribution in [0.25, 0.3) is 43.1 Å². The van der Waals surface area contributed by atoms with Crippen LogP contribution in [0.1, 0.15) is 10.4 Å². The van der Waals surface area contributed by atoms with Crippen molar-refractivity contribution in [3.8, 4) is 0 Å². The quantitative estimate of drug-likeness (QED) is 0.511. The van der Waals surface area contributed by atoms with E-state index in [9.17, 15) is 14.4 Å². The zero-order chi connectivity index (χ0) is 17.3. The van der Waals surface area contributed by atoms with Crippen molar-refractivity contribution in [3.63, 3.8) is 0 Å². The van der Waals surface area contributed by atoms with Crippen LogP contribution in [-0.2, 0) is 0 Å². The Hall–Kier alpha value is -3.53. The van der Waals surface area contributed by atoms with Crippen LogP contribution in [0.5, 0.6) is 0 Å². The largest absolute Gasteiger partial charge is 0.478 e. The second-order valence-electron chi connectivity index (χ2n) is 6.21. The highest BCUT2D eigenvalue weighted by Gasteiger charge is 2.17. The van der Waals surface area contributed by atoms with E-state index in [0.717, 1.165) is 10.8 Å². The molecule has 5 rings (SSSR count). The lowest BCUT2D eigenvalue weighted by molar-refractivity contribution is 0.0697. The minimum atomic E-state index is -1.07. The minimum absolute atomic E-state index is 0.0449. The maximum Gasteiger partial charge on any atom is 0.335 e. The molecule has 5 aromatic rings. The molecular weight excluding hydrogens is 316 g/mol. The molecule has 0 aliphatic rings. The highest BCUT2D eigenvalue weighted by molar-refractivity contribution is 6.21. The molecule has 1 N–H and O–H groups in total. The molecule has 0 unspecified atom stereocenters. The molecule has 25 heavy (non-hydrogen) atoms. The zero-order valence-corrected chi connectivity index (χ0v) is 12.9. The summed E-state index contributed by atoms with van der Waals surface area (Å²) in [6.45, 7) is 0. The van der Waals surface area contributed by atoms with Gasteiger partial charge >= 0.3 is 5.97 Å². The van der Waals surface area contributed by atoms with Crippen LogP contribution < -0.4 is 10.9 Å². The Balaban J connectivity index is 2.03. The summed E-state index contributed by atoms with van der Waals surface area (Å²) in [6, 6.07) is 15.4. The molecule has 5 aromatic carbocycles. The van der Waals surface area contributed by atoms with Gasteiger partial charge in [0.05, 0.1) is 5.56 Å². The van der Waals surface area contributed by atoms with Crippen molar-refractivity contribution >= 4 is 49.1 Å². The first-order chi connectivity index (χ1) is 12.1. The number of carbonyl (C=O) groups is 1. The van der Waals surface area contributed by atoms with Gasteiger partial charge in [0.15, 0.2) is 10.9 Å². The van der Waals surface area contributed by atoms with E-state index >= 15 is 0 Å². The van der Waals surface area contributed by atoms with Crippen molar-refractivity contribution in [2.45, 2.75) is 0 Å². The van der Waals surface area contributed by atoms with Gasteiger partial charge in [0.1, 0.15) is 0 Å². The molecule has 0 fully saturated rings. The number of carboxylic acid groups (broad SMARTS) is 1. The highest BCUT2D eigenvalue weighted by atomic mass is 16.4. The van der Waals surface area contributed by atoms with Crippen molar-refractivity contribution in [1.29, 1.82) is 0 Å². The SMILES string of the molecule is O=C(O)c1ccc2c(c1)c(=O)c1cc3c(cc12)c(=O)c1ccccc13. The molecule has 0 heterocycles. The van der Waals surface area contributed by atoms with Gasteiger partial charge < -0.3 is 5.11 Å². The van der Waals surface area contributed by atoms with E-state index in [1.54, 1.807) is 24.3 Å². The van der Waals surface area contributed by atoms with Crippen LogP contribution in [0, 0.1) is 0 Å². The van der Waals surface area contributed by atoms with Gasteiger partial charge in [-0.15, -0.1) is 0 Å². The third-order valence-corrected chi connectivity index (χ3v) is 4.91. The van der Waals surface area contributed by atoms with Crippen LogP contribution in [0.4, 0.5) is 0 Å². The molecule has 4 nitrogen and oxygen atoms in total. The Morgan fingerprint density at radius 3 is 1.76 bits per heavy atom. The number of rotatable bonds is 1. The predicted octanol–water partition coefficient (Wildman–Crippen LogP) is 3.59. The van der Waals surface area contributed by atoms with Gasteiger partial charge in [-0.25, -0.2) is 4.79 Å². The van der Waals surface area contributed by atoms with E-state index < -0.39 is 5.97 Å². The van der Waals surface area contributed by atoms with Crippen LogP contribution in [0.2, 0.25) is 0 Å². The van der Waals surface area contributed by atoms with Crippen LogP contribution >= 0.6 is 0 Å². The molecule has 0 radical (unpaired) electrons. The fraction of sp³-hybridized carbons (Fsp3) is 0. The van der Waals surface area contributed by atoms with Crippen LogP contribution in [-0.4, -0.2) is 11.1 Å². The molecule has 0 bridgehead atoms. The van der Waals surface area contributed by atoms with E-state index in [4.69, 9.17) is 5.11 Å². The van der Waals surface area contributed by atoms with E-state index in [-0.39, 0.29) is 16.4 Å². The Morgan fingerprint density at radius 1 is 0.600 bits per heavy atom. The Bertz CT molecular complexity index is 1450. The summed E-state index contributed by atoms with van der Waals surface area (Å²) < 4.78 is 0. The molecule has 118 valence electrons. The summed E-state index contributed by atoms with van der Waals surface area (Å²) in [5.41, 5.74) is -0.168. The van der Waals surface area contributed by atoms with Crippen molar-refractivity contribution in [2.24, 2.45) is 0 Å². The fourth-order valence-electron chi connectivity index (χ4n) is 3.73. The smallest absolute Gasteiger partial charge is 0.335 e. The summed E-state index contributed by atoms with van der Waals surface area (Å²) in [6.07, 6.45) is 0. The summed E-state index contributed by atoms with van der Waals surface area (Å²) in [7, 11) is 0. The number of fused-ring (bicyclic) bond motifs is 6. The number of benzene rings is 3. The number of hydrogen-bond acceptors (Lipinski definition) is 3. The predicted molar refractivity (Wildman–Crippen MR) is 98.3 cm³/mol. The van der Waals surface area contributed by atoms with Gasteiger partial charge in [0.25, 0.3) is 0 Å². The van der Waals surface area contributed by atoms with Crippen molar-refractivity contribution in [1.82, 2.24) is 0 Å². The fourth-order valence-corrected chi connectivity index (χ4v) is 3.73. The lowest BCUT2D eigenvalue weighted by atomic mass is 10.1. The van der Waals surface area contributed by atoms with Gasteiger partial charge in [-0.2, -0.15) is 0 Å². The van der Waals surface area contributed by atoms with E-state index in [1.807, 2.05) is 18.2 Å². The summed E-state index contributed by atoms with van der Waals surface area (Å²) in [5.74, 6) is -1.07. The maximum absolute atomic E-state index is 12.8. The maximum atomic E-state index is 12.8. The Morgan fingerprint density at radius 2 is 1.12 bits per heavy atom. The topological polar surface area (TPSA) is 71.4 Å². The first kappa shape index (κ1) is 13.9. The van der Waals surface area contributed by atoms with E-state index in [2.05, 4.69) is 0 Å². The molecule has 4 heteroatoms. The normalized spacial score (nSPS) is 11.8. The third-order valence-electron chi connectivity index (χ3n) is 4.91. The zero-order valence-electron chi connectivity index (χ0n) is 12.9. The van der Waals surface area contributed by atoms with Crippen LogP contribution in [0.3, 0.4) is 0 Å². The highest BCUT2D eigenvalue weighted by Crippen LogP contribution is 2.32. The average molecular weight is 326 g/mol. The van der Waals surface area contributed by atoms with Gasteiger partial charge in [-0.1, -0.05) is 30.3 Å². The number of hydrogen-bond donors (Lipinski definition) is 1. The minimum Gasteiger partial charge on any atom is -0.478 e. The van der Waals surface area contributed by atoms with Crippen molar-refractivity contribution in [3.05, 3.63) is 80.6 Å². The molecule has 0 aliphatic heterocycles.